The Bertz CT molecular complexity index is 885. The van der Waals surface area contributed by atoms with Crippen LogP contribution < -0.4 is 0 Å². The second kappa shape index (κ2) is 7.39. The summed E-state index contributed by atoms with van der Waals surface area (Å²) in [5.41, 5.74) is 3.27. The molecule has 27 heavy (non-hydrogen) atoms. The van der Waals surface area contributed by atoms with E-state index in [0.717, 1.165) is 5.56 Å². The maximum absolute atomic E-state index is 13.2. The number of carbonyl (C=O) groups excluding carboxylic acids is 2. The third-order valence-electron chi connectivity index (χ3n) is 5.36. The number of rotatable bonds is 5. The molecular weight excluding hydrogens is 344 g/mol. The Hall–Kier alpha value is -2.89. The van der Waals surface area contributed by atoms with Crippen LogP contribution in [-0.4, -0.2) is 45.7 Å². The molecule has 0 bridgehead atoms. The Kier molecular flexibility index (Phi) is 5.17. The smallest absolute Gasteiger partial charge is 0.308 e. The van der Waals surface area contributed by atoms with Crippen LogP contribution in [0.1, 0.15) is 57.4 Å². The van der Waals surface area contributed by atoms with Gasteiger partial charge >= 0.3 is 5.97 Å². The zero-order valence-corrected chi connectivity index (χ0v) is 15.8. The van der Waals surface area contributed by atoms with Crippen LogP contribution in [0.4, 0.5) is 0 Å². The molecule has 6 heteroatoms. The number of carbonyl (C=O) groups is 3. The first kappa shape index (κ1) is 18.9. The van der Waals surface area contributed by atoms with Gasteiger partial charge in [-0.15, -0.1) is 0 Å². The molecule has 1 saturated heterocycles. The van der Waals surface area contributed by atoms with Crippen molar-refractivity contribution in [2.24, 2.45) is 5.92 Å². The average molecular weight is 368 g/mol. The Balaban J connectivity index is 1.94. The Morgan fingerprint density at radius 1 is 1.19 bits per heavy atom. The van der Waals surface area contributed by atoms with Gasteiger partial charge in [-0.05, 0) is 31.4 Å². The number of hydrogen-bond donors (Lipinski definition) is 2. The fraction of sp³-hybridized carbons (Fsp3) is 0.381. The minimum absolute atomic E-state index is 0.0772. The Labute approximate surface area is 158 Å². The lowest BCUT2D eigenvalue weighted by atomic mass is 9.89. The van der Waals surface area contributed by atoms with Crippen LogP contribution >= 0.6 is 0 Å². The summed E-state index contributed by atoms with van der Waals surface area (Å²) >= 11 is 0. The van der Waals surface area contributed by atoms with E-state index in [1.165, 1.54) is 6.92 Å². The number of Topliss-reactive ketones (excluding diaryl/α,β-unsaturated/α-hetero) is 1. The highest BCUT2D eigenvalue weighted by atomic mass is 16.4. The number of nitrogens with zero attached hydrogens (tertiary/aromatic N) is 1. The number of aliphatic carboxylic acids is 1. The van der Waals surface area contributed by atoms with Gasteiger partial charge in [0.25, 0.3) is 5.91 Å². The second-order valence-electron chi connectivity index (χ2n) is 7.06. The third kappa shape index (κ3) is 3.39. The van der Waals surface area contributed by atoms with Gasteiger partial charge in [-0.3, -0.25) is 14.4 Å². The van der Waals surface area contributed by atoms with E-state index in [2.05, 4.69) is 4.98 Å². The molecule has 0 spiro atoms. The maximum Gasteiger partial charge on any atom is 0.308 e. The highest BCUT2D eigenvalue weighted by Crippen LogP contribution is 2.34. The summed E-state index contributed by atoms with van der Waals surface area (Å²) in [6.45, 7) is 5.68. The second-order valence-corrected chi connectivity index (χ2v) is 7.06. The Morgan fingerprint density at radius 2 is 1.85 bits per heavy atom. The van der Waals surface area contributed by atoms with Gasteiger partial charge in [0.1, 0.15) is 5.69 Å². The largest absolute Gasteiger partial charge is 0.481 e. The molecule has 2 N–H and O–H groups in total. The maximum atomic E-state index is 13.2. The van der Waals surface area contributed by atoms with Crippen LogP contribution in [0, 0.1) is 12.8 Å². The van der Waals surface area contributed by atoms with Gasteiger partial charge in [0.2, 0.25) is 0 Å². The summed E-state index contributed by atoms with van der Waals surface area (Å²) in [7, 11) is 0. The van der Waals surface area contributed by atoms with Gasteiger partial charge in [-0.2, -0.15) is 0 Å². The number of aromatic amines is 1. The quantitative estimate of drug-likeness (QED) is 0.794. The molecule has 0 aliphatic carbocycles. The zero-order chi connectivity index (χ0) is 19.7. The number of nitrogens with one attached hydrogen (secondary N) is 1. The molecule has 1 aliphatic rings. The molecule has 2 heterocycles. The van der Waals surface area contributed by atoms with Crippen LogP contribution in [0.15, 0.2) is 30.3 Å². The minimum atomic E-state index is -0.901. The normalized spacial score (nSPS) is 19.3. The van der Waals surface area contributed by atoms with Crippen LogP contribution in [0.25, 0.3) is 0 Å². The van der Waals surface area contributed by atoms with Crippen molar-refractivity contribution >= 4 is 17.7 Å². The predicted molar refractivity (Wildman–Crippen MR) is 101 cm³/mol. The van der Waals surface area contributed by atoms with Gasteiger partial charge in [-0.25, -0.2) is 0 Å². The first-order chi connectivity index (χ1) is 12.8. The predicted octanol–water partition coefficient (Wildman–Crippen LogP) is 3.03. The number of hydrogen-bond acceptors (Lipinski definition) is 3. The van der Waals surface area contributed by atoms with E-state index in [-0.39, 0.29) is 24.2 Å². The van der Waals surface area contributed by atoms with E-state index < -0.39 is 11.9 Å². The van der Waals surface area contributed by atoms with Crippen molar-refractivity contribution < 1.29 is 19.5 Å². The van der Waals surface area contributed by atoms with E-state index >= 15 is 0 Å². The number of likely N-dealkylation sites (tertiary alicyclic amines) is 1. The highest BCUT2D eigenvalue weighted by Gasteiger charge is 2.41. The van der Waals surface area contributed by atoms with Gasteiger partial charge in [-0.1, -0.05) is 37.3 Å². The first-order valence-electron chi connectivity index (χ1n) is 9.14. The molecule has 2 atom stereocenters. The molecule has 0 saturated carbocycles. The number of H-pyrrole nitrogens is 1. The van der Waals surface area contributed by atoms with Gasteiger partial charge in [0.05, 0.1) is 5.92 Å². The summed E-state index contributed by atoms with van der Waals surface area (Å²) in [6.07, 6.45) is 0.554. The minimum Gasteiger partial charge on any atom is -0.481 e. The summed E-state index contributed by atoms with van der Waals surface area (Å²) < 4.78 is 0. The van der Waals surface area contributed by atoms with Crippen LogP contribution in [0.5, 0.6) is 0 Å². The molecule has 3 rings (SSSR count). The lowest BCUT2D eigenvalue weighted by Crippen LogP contribution is -2.31. The number of amides is 1. The van der Waals surface area contributed by atoms with E-state index in [0.29, 0.717) is 35.5 Å². The van der Waals surface area contributed by atoms with Crippen molar-refractivity contribution in [3.63, 3.8) is 0 Å². The van der Waals surface area contributed by atoms with Gasteiger partial charge < -0.3 is 15.0 Å². The van der Waals surface area contributed by atoms with Crippen LogP contribution in [-0.2, 0) is 11.2 Å². The summed E-state index contributed by atoms with van der Waals surface area (Å²) in [4.78, 5) is 41.5. The molecule has 1 aromatic carbocycles. The number of ketones is 1. The third-order valence-corrected chi connectivity index (χ3v) is 5.36. The average Bonchev–Trinajstić information content (AvgIpc) is 3.23. The van der Waals surface area contributed by atoms with Gasteiger partial charge in [0, 0.05) is 30.3 Å². The SMILES string of the molecule is CCc1c(C(=O)N2C[C@H](C(=O)O)[C@H](c3ccccc3)C2)[nH]c(C)c1C(C)=O. The molecule has 1 aliphatic heterocycles. The van der Waals surface area contributed by atoms with Crippen molar-refractivity contribution in [2.45, 2.75) is 33.1 Å². The van der Waals surface area contributed by atoms with Crippen LogP contribution in [0.2, 0.25) is 0 Å². The molecule has 1 aromatic heterocycles. The van der Waals surface area contributed by atoms with Gasteiger partial charge in [0.15, 0.2) is 5.78 Å². The number of aromatic nitrogens is 1. The summed E-state index contributed by atoms with van der Waals surface area (Å²) in [5, 5.41) is 9.65. The monoisotopic (exact) mass is 368 g/mol. The van der Waals surface area contributed by atoms with E-state index in [9.17, 15) is 19.5 Å². The standard InChI is InChI=1S/C21H24N2O4/c1-4-15-18(13(3)24)12(2)22-19(15)20(25)23-10-16(17(11-23)21(26)27)14-8-6-5-7-9-14/h5-9,16-17,22H,4,10-11H2,1-3H3,(H,26,27)/t16-,17-/m0/s1. The molecule has 1 fully saturated rings. The number of aryl methyl sites for hydroxylation is 1. The molecular formula is C21H24N2O4. The van der Waals surface area contributed by atoms with E-state index in [4.69, 9.17) is 0 Å². The Morgan fingerprint density at radius 3 is 2.41 bits per heavy atom. The molecule has 2 aromatic rings. The topological polar surface area (TPSA) is 90.5 Å². The number of carboxylic acid groups (broad SMARTS) is 1. The molecule has 1 amide bonds. The number of carboxylic acids is 1. The van der Waals surface area contributed by atoms with Crippen molar-refractivity contribution in [1.29, 1.82) is 0 Å². The van der Waals surface area contributed by atoms with Crippen molar-refractivity contribution in [3.8, 4) is 0 Å². The molecule has 6 nitrogen and oxygen atoms in total. The molecule has 0 unspecified atom stereocenters. The van der Waals surface area contributed by atoms with Crippen molar-refractivity contribution in [1.82, 2.24) is 9.88 Å². The zero-order valence-electron chi connectivity index (χ0n) is 15.8. The van der Waals surface area contributed by atoms with Crippen LogP contribution in [0.3, 0.4) is 0 Å². The van der Waals surface area contributed by atoms with Crippen molar-refractivity contribution in [3.05, 3.63) is 58.4 Å². The molecule has 142 valence electrons. The fourth-order valence-electron chi connectivity index (χ4n) is 4.11. The van der Waals surface area contributed by atoms with E-state index in [1.54, 1.807) is 11.8 Å². The first-order valence-corrected chi connectivity index (χ1v) is 9.14. The lowest BCUT2D eigenvalue weighted by Gasteiger charge is -2.17. The summed E-state index contributed by atoms with van der Waals surface area (Å²) in [5.74, 6) is -2.12. The lowest BCUT2D eigenvalue weighted by molar-refractivity contribution is -0.141. The molecule has 0 radical (unpaired) electrons. The fourth-order valence-corrected chi connectivity index (χ4v) is 4.11. The highest BCUT2D eigenvalue weighted by molar-refractivity contribution is 6.03. The number of benzene rings is 1. The van der Waals surface area contributed by atoms with E-state index in [1.807, 2.05) is 37.3 Å². The van der Waals surface area contributed by atoms with Crippen molar-refractivity contribution in [2.75, 3.05) is 13.1 Å². The summed E-state index contributed by atoms with van der Waals surface area (Å²) in [6, 6.07) is 9.44.